The van der Waals surface area contributed by atoms with Crippen molar-refractivity contribution in [3.63, 3.8) is 0 Å². The summed E-state index contributed by atoms with van der Waals surface area (Å²) in [6, 6.07) is 18.1. The molecule has 0 aliphatic heterocycles. The van der Waals surface area contributed by atoms with E-state index >= 15 is 0 Å². The first-order valence-electron chi connectivity index (χ1n) is 9.79. The first-order chi connectivity index (χ1) is 15.5. The molecule has 0 spiro atoms. The topological polar surface area (TPSA) is 110 Å². The van der Waals surface area contributed by atoms with E-state index in [0.29, 0.717) is 22.8 Å². The van der Waals surface area contributed by atoms with E-state index < -0.39 is 10.0 Å². The normalized spacial score (nSPS) is 11.2. The predicted molar refractivity (Wildman–Crippen MR) is 120 cm³/mol. The highest BCUT2D eigenvalue weighted by Gasteiger charge is 2.23. The molecule has 0 saturated heterocycles. The maximum atomic E-state index is 13.1. The number of hydrogen-bond acceptors (Lipinski definition) is 6. The van der Waals surface area contributed by atoms with E-state index in [2.05, 4.69) is 20.4 Å². The van der Waals surface area contributed by atoms with Crippen molar-refractivity contribution in [3.8, 4) is 5.82 Å². The summed E-state index contributed by atoms with van der Waals surface area (Å²) in [4.78, 5) is 20.8. The van der Waals surface area contributed by atoms with Gasteiger partial charge in [0.15, 0.2) is 5.82 Å². The fourth-order valence-corrected chi connectivity index (χ4v) is 4.59. The first-order valence-corrected chi connectivity index (χ1v) is 11.2. The molecule has 0 radical (unpaired) electrons. The number of amides is 1. The molecule has 162 valence electrons. The van der Waals surface area contributed by atoms with Crippen LogP contribution in [-0.4, -0.2) is 40.6 Å². The van der Waals surface area contributed by atoms with Crippen LogP contribution in [-0.2, 0) is 10.0 Å². The lowest BCUT2D eigenvalue weighted by Gasteiger charge is -2.23. The maximum absolute atomic E-state index is 13.1. The number of hydrogen-bond donors (Lipinski definition) is 1. The van der Waals surface area contributed by atoms with E-state index in [4.69, 9.17) is 0 Å². The van der Waals surface area contributed by atoms with Gasteiger partial charge in [0, 0.05) is 12.1 Å². The third-order valence-electron chi connectivity index (χ3n) is 4.70. The zero-order chi connectivity index (χ0) is 22.6. The Kier molecular flexibility index (Phi) is 5.95. The Bertz CT molecular complexity index is 1290. The Morgan fingerprint density at radius 2 is 1.78 bits per heavy atom. The average molecular weight is 449 g/mol. The highest BCUT2D eigenvalue weighted by molar-refractivity contribution is 7.92. The summed E-state index contributed by atoms with van der Waals surface area (Å²) >= 11 is 0. The molecule has 0 atom stereocenters. The highest BCUT2D eigenvalue weighted by Crippen LogP contribution is 2.23. The first kappa shape index (κ1) is 21.2. The van der Waals surface area contributed by atoms with Crippen LogP contribution in [0.1, 0.15) is 17.3 Å². The summed E-state index contributed by atoms with van der Waals surface area (Å²) in [7, 11) is -3.75. The van der Waals surface area contributed by atoms with Crippen molar-refractivity contribution < 1.29 is 13.2 Å². The monoisotopic (exact) mass is 448 g/mol. The second-order valence-corrected chi connectivity index (χ2v) is 8.59. The van der Waals surface area contributed by atoms with Crippen LogP contribution < -0.4 is 9.62 Å². The molecule has 32 heavy (non-hydrogen) atoms. The summed E-state index contributed by atoms with van der Waals surface area (Å²) in [6.45, 7) is 2.06. The number of rotatable bonds is 7. The van der Waals surface area contributed by atoms with Gasteiger partial charge in [-0.1, -0.05) is 18.2 Å². The lowest BCUT2D eigenvalue weighted by molar-refractivity contribution is 0.102. The molecule has 10 heteroatoms. The Labute approximate surface area is 185 Å². The molecule has 1 N–H and O–H groups in total. The minimum atomic E-state index is -3.75. The van der Waals surface area contributed by atoms with Crippen molar-refractivity contribution in [1.29, 1.82) is 0 Å². The third kappa shape index (κ3) is 4.35. The molecule has 2 heterocycles. The van der Waals surface area contributed by atoms with Crippen LogP contribution in [0.5, 0.6) is 0 Å². The molecule has 0 unspecified atom stereocenters. The van der Waals surface area contributed by atoms with E-state index in [1.807, 2.05) is 6.07 Å². The molecule has 0 fully saturated rings. The van der Waals surface area contributed by atoms with Crippen molar-refractivity contribution in [1.82, 2.24) is 19.7 Å². The summed E-state index contributed by atoms with van der Waals surface area (Å²) in [5.41, 5.74) is 1.41. The zero-order valence-electron chi connectivity index (χ0n) is 17.2. The van der Waals surface area contributed by atoms with Crippen molar-refractivity contribution >= 4 is 27.3 Å². The largest absolute Gasteiger partial charge is 0.321 e. The van der Waals surface area contributed by atoms with E-state index in [9.17, 15) is 13.2 Å². The van der Waals surface area contributed by atoms with Gasteiger partial charge in [-0.25, -0.2) is 23.1 Å². The number of anilines is 2. The second kappa shape index (κ2) is 8.98. The number of benzene rings is 2. The van der Waals surface area contributed by atoms with E-state index in [0.717, 1.165) is 0 Å². The van der Waals surface area contributed by atoms with Crippen LogP contribution in [0.15, 0.2) is 90.5 Å². The Morgan fingerprint density at radius 1 is 1.03 bits per heavy atom. The number of carbonyl (C=O) groups excluding carboxylic acids is 1. The van der Waals surface area contributed by atoms with Gasteiger partial charge in [0.2, 0.25) is 0 Å². The average Bonchev–Trinajstić information content (AvgIpc) is 3.36. The molecule has 0 saturated carbocycles. The molecule has 9 nitrogen and oxygen atoms in total. The molecule has 0 aliphatic rings. The van der Waals surface area contributed by atoms with Gasteiger partial charge in [-0.05, 0) is 55.5 Å². The number of nitrogens with one attached hydrogen (secondary N) is 1. The van der Waals surface area contributed by atoms with Crippen molar-refractivity contribution in [3.05, 3.63) is 91.1 Å². The molecule has 4 rings (SSSR count). The summed E-state index contributed by atoms with van der Waals surface area (Å²) < 4.78 is 29.0. The van der Waals surface area contributed by atoms with Gasteiger partial charge in [-0.2, -0.15) is 5.10 Å². The number of aromatic nitrogens is 4. The molecule has 1 amide bonds. The van der Waals surface area contributed by atoms with E-state index in [-0.39, 0.29) is 17.3 Å². The summed E-state index contributed by atoms with van der Waals surface area (Å²) in [5.74, 6) is 0.189. The molecule has 4 aromatic rings. The minimum Gasteiger partial charge on any atom is -0.321 e. The van der Waals surface area contributed by atoms with E-state index in [1.165, 1.54) is 52.1 Å². The van der Waals surface area contributed by atoms with Gasteiger partial charge in [0.1, 0.15) is 12.7 Å². The van der Waals surface area contributed by atoms with Crippen molar-refractivity contribution in [2.75, 3.05) is 16.2 Å². The molecular weight excluding hydrogens is 428 g/mol. The lowest BCUT2D eigenvalue weighted by Crippen LogP contribution is -2.30. The fraction of sp³-hybridized carbons (Fsp3) is 0.0909. The number of pyridine rings is 1. The van der Waals surface area contributed by atoms with Crippen LogP contribution >= 0.6 is 0 Å². The molecule has 2 aromatic carbocycles. The molecule has 2 aromatic heterocycles. The predicted octanol–water partition coefficient (Wildman–Crippen LogP) is 3.13. The van der Waals surface area contributed by atoms with E-state index in [1.54, 1.807) is 43.3 Å². The van der Waals surface area contributed by atoms with Crippen LogP contribution in [0.3, 0.4) is 0 Å². The van der Waals surface area contributed by atoms with Crippen LogP contribution in [0, 0.1) is 0 Å². The molecule has 0 bridgehead atoms. The van der Waals surface area contributed by atoms with Crippen LogP contribution in [0.2, 0.25) is 0 Å². The van der Waals surface area contributed by atoms with Crippen molar-refractivity contribution in [2.24, 2.45) is 0 Å². The Balaban J connectivity index is 1.48. The Hall–Kier alpha value is -4.05. The van der Waals surface area contributed by atoms with Crippen molar-refractivity contribution in [2.45, 2.75) is 11.8 Å². The summed E-state index contributed by atoms with van der Waals surface area (Å²) in [5, 5.41) is 6.74. The number of para-hydroxylation sites is 1. The van der Waals surface area contributed by atoms with Gasteiger partial charge in [-0.15, -0.1) is 0 Å². The standard InChI is InChI=1S/C22H20N6O3S/c1-2-28(19-6-4-3-5-7-19)32(30,31)20-11-8-17(9-12-20)22(29)26-18-10-13-21(24-14-18)27-16-23-15-25-27/h3-16H,2H2,1H3,(H,26,29). The van der Waals surface area contributed by atoms with Gasteiger partial charge in [-0.3, -0.25) is 9.10 Å². The quantitative estimate of drug-likeness (QED) is 0.465. The highest BCUT2D eigenvalue weighted by atomic mass is 32.2. The van der Waals surface area contributed by atoms with Crippen LogP contribution in [0.4, 0.5) is 11.4 Å². The van der Waals surface area contributed by atoms with Gasteiger partial charge >= 0.3 is 0 Å². The SMILES string of the molecule is CCN(c1ccccc1)S(=O)(=O)c1ccc(C(=O)Nc2ccc(-n3cncn3)nc2)cc1. The zero-order valence-corrected chi connectivity index (χ0v) is 18.0. The Morgan fingerprint density at radius 3 is 2.38 bits per heavy atom. The maximum Gasteiger partial charge on any atom is 0.264 e. The number of sulfonamides is 1. The number of nitrogens with zero attached hydrogens (tertiary/aromatic N) is 5. The fourth-order valence-electron chi connectivity index (χ4n) is 3.12. The third-order valence-corrected chi connectivity index (χ3v) is 6.61. The van der Waals surface area contributed by atoms with Gasteiger partial charge < -0.3 is 5.32 Å². The minimum absolute atomic E-state index is 0.110. The molecule has 0 aliphatic carbocycles. The van der Waals surface area contributed by atoms with Crippen LogP contribution in [0.25, 0.3) is 5.82 Å². The van der Waals surface area contributed by atoms with Gasteiger partial charge in [0.05, 0.1) is 22.5 Å². The molecular formula is C22H20N6O3S. The smallest absolute Gasteiger partial charge is 0.264 e. The lowest BCUT2D eigenvalue weighted by atomic mass is 10.2. The number of carbonyl (C=O) groups is 1. The summed E-state index contributed by atoms with van der Waals surface area (Å²) in [6.07, 6.45) is 4.43. The van der Waals surface area contributed by atoms with Gasteiger partial charge in [0.25, 0.3) is 15.9 Å². The second-order valence-electron chi connectivity index (χ2n) is 6.73.